The normalized spacial score (nSPS) is 11.6. The molecule has 6 nitrogen and oxygen atoms in total. The van der Waals surface area contributed by atoms with Crippen LogP contribution in [0.1, 0.15) is 17.3 Å². The van der Waals surface area contributed by atoms with Crippen LogP contribution in [0.3, 0.4) is 0 Å². The molecule has 0 aliphatic heterocycles. The number of nitrogens with zero attached hydrogens (tertiary/aromatic N) is 3. The van der Waals surface area contributed by atoms with Crippen molar-refractivity contribution in [3.63, 3.8) is 0 Å². The second-order valence-corrected chi connectivity index (χ2v) is 5.48. The van der Waals surface area contributed by atoms with Gasteiger partial charge in [-0.05, 0) is 31.2 Å². The first-order valence-electron chi connectivity index (χ1n) is 7.06. The van der Waals surface area contributed by atoms with E-state index in [1.165, 1.54) is 4.68 Å². The molecule has 2 aromatic carbocycles. The summed E-state index contributed by atoms with van der Waals surface area (Å²) in [6, 6.07) is 8.68. The van der Waals surface area contributed by atoms with E-state index in [2.05, 4.69) is 15.8 Å². The van der Waals surface area contributed by atoms with Gasteiger partial charge in [-0.2, -0.15) is 0 Å². The highest BCUT2D eigenvalue weighted by atomic mass is 35.5. The molecule has 1 aromatic heterocycles. The van der Waals surface area contributed by atoms with Crippen LogP contribution >= 0.6 is 11.6 Å². The minimum atomic E-state index is -1.20. The number of para-hydroxylation sites is 1. The van der Waals surface area contributed by atoms with Crippen LogP contribution in [-0.2, 0) is 4.84 Å². The molecule has 1 heterocycles. The van der Waals surface area contributed by atoms with Crippen LogP contribution in [0, 0.1) is 11.6 Å². The van der Waals surface area contributed by atoms with Crippen LogP contribution in [0.2, 0.25) is 5.02 Å². The molecule has 0 atom stereocenters. The third kappa shape index (κ3) is 3.58. The predicted octanol–water partition coefficient (Wildman–Crippen LogP) is 3.54. The number of aromatic nitrogens is 3. The summed E-state index contributed by atoms with van der Waals surface area (Å²) in [5.41, 5.74) is 3.98. The van der Waals surface area contributed by atoms with Gasteiger partial charge < -0.3 is 4.84 Å². The fourth-order valence-corrected chi connectivity index (χ4v) is 2.28. The first-order valence-corrected chi connectivity index (χ1v) is 7.43. The third-order valence-corrected chi connectivity index (χ3v) is 3.54. The Hall–Kier alpha value is -3.00. The Morgan fingerprint density at radius 1 is 1.28 bits per heavy atom. The SMILES string of the molecule is C/C(=C/n1nnc2ccccc21)NOC(=O)c1cc(F)c(F)cc1Cl. The largest absolute Gasteiger partial charge is 0.364 e. The number of hydrogen-bond donors (Lipinski definition) is 1. The Morgan fingerprint density at radius 3 is 2.80 bits per heavy atom. The van der Waals surface area contributed by atoms with Gasteiger partial charge in [0.1, 0.15) is 5.52 Å². The number of rotatable bonds is 4. The van der Waals surface area contributed by atoms with Crippen molar-refractivity contribution in [1.29, 1.82) is 0 Å². The minimum Gasteiger partial charge on any atom is -0.338 e. The summed E-state index contributed by atoms with van der Waals surface area (Å²) < 4.78 is 27.7. The number of benzene rings is 2. The summed E-state index contributed by atoms with van der Waals surface area (Å²) in [7, 11) is 0. The number of halogens is 3. The van der Waals surface area contributed by atoms with E-state index in [1.54, 1.807) is 19.2 Å². The van der Waals surface area contributed by atoms with Gasteiger partial charge in [0, 0.05) is 0 Å². The number of carbonyl (C=O) groups is 1. The number of hydroxylamine groups is 1. The maximum absolute atomic E-state index is 13.2. The van der Waals surface area contributed by atoms with Gasteiger partial charge in [-0.15, -0.1) is 5.10 Å². The molecule has 0 fully saturated rings. The molecular formula is C16H11ClF2N4O2. The molecule has 0 radical (unpaired) electrons. The minimum absolute atomic E-state index is 0.255. The quantitative estimate of drug-likeness (QED) is 0.566. The molecule has 0 amide bonds. The van der Waals surface area contributed by atoms with Crippen molar-refractivity contribution in [2.75, 3.05) is 0 Å². The van der Waals surface area contributed by atoms with E-state index in [4.69, 9.17) is 16.4 Å². The van der Waals surface area contributed by atoms with E-state index in [9.17, 15) is 13.6 Å². The highest BCUT2D eigenvalue weighted by Gasteiger charge is 2.16. The van der Waals surface area contributed by atoms with Crippen molar-refractivity contribution in [3.8, 4) is 0 Å². The van der Waals surface area contributed by atoms with Gasteiger partial charge in [0.25, 0.3) is 0 Å². The number of carbonyl (C=O) groups excluding carboxylic acids is 1. The summed E-state index contributed by atoms with van der Waals surface area (Å²) >= 11 is 5.72. The van der Waals surface area contributed by atoms with Crippen LogP contribution in [0.25, 0.3) is 17.2 Å². The molecule has 1 N–H and O–H groups in total. The van der Waals surface area contributed by atoms with Crippen LogP contribution in [-0.4, -0.2) is 21.0 Å². The third-order valence-electron chi connectivity index (χ3n) is 3.23. The standard InChI is InChI=1S/C16H11ClF2N4O2/c1-9(8-23-15-5-3-2-4-14(15)20-22-23)21-25-16(24)10-6-12(18)13(19)7-11(10)17/h2-8,21H,1H3/b9-8-. The number of hydrogen-bond acceptors (Lipinski definition) is 5. The fraction of sp³-hybridized carbons (Fsp3) is 0.0625. The molecule has 0 bridgehead atoms. The zero-order valence-electron chi connectivity index (χ0n) is 12.8. The second-order valence-electron chi connectivity index (χ2n) is 5.07. The van der Waals surface area contributed by atoms with Gasteiger partial charge >= 0.3 is 5.97 Å². The molecule has 3 rings (SSSR count). The monoisotopic (exact) mass is 364 g/mol. The first-order chi connectivity index (χ1) is 12.0. The van der Waals surface area contributed by atoms with Crippen molar-refractivity contribution < 1.29 is 18.4 Å². The molecular weight excluding hydrogens is 354 g/mol. The van der Waals surface area contributed by atoms with E-state index >= 15 is 0 Å². The van der Waals surface area contributed by atoms with Crippen LogP contribution in [0.5, 0.6) is 0 Å². The molecule has 25 heavy (non-hydrogen) atoms. The molecule has 0 aliphatic rings. The zero-order valence-corrected chi connectivity index (χ0v) is 13.6. The van der Waals surface area contributed by atoms with Crippen molar-refractivity contribution in [1.82, 2.24) is 20.5 Å². The van der Waals surface area contributed by atoms with Gasteiger partial charge in [-0.1, -0.05) is 28.9 Å². The summed E-state index contributed by atoms with van der Waals surface area (Å²) in [6.45, 7) is 1.62. The van der Waals surface area contributed by atoms with Crippen LogP contribution < -0.4 is 5.48 Å². The van der Waals surface area contributed by atoms with Crippen LogP contribution in [0.15, 0.2) is 42.1 Å². The van der Waals surface area contributed by atoms with Gasteiger partial charge in [-0.3, -0.25) is 0 Å². The lowest BCUT2D eigenvalue weighted by molar-refractivity contribution is 0.0325. The van der Waals surface area contributed by atoms with Gasteiger partial charge in [-0.25, -0.2) is 23.7 Å². The highest BCUT2D eigenvalue weighted by Crippen LogP contribution is 2.20. The summed E-state index contributed by atoms with van der Waals surface area (Å²) in [5.74, 6) is -3.30. The lowest BCUT2D eigenvalue weighted by atomic mass is 10.2. The fourth-order valence-electron chi connectivity index (χ4n) is 2.05. The van der Waals surface area contributed by atoms with Gasteiger partial charge in [0.15, 0.2) is 11.6 Å². The van der Waals surface area contributed by atoms with Crippen molar-refractivity contribution >= 4 is 34.8 Å². The maximum atomic E-state index is 13.2. The molecule has 9 heteroatoms. The lowest BCUT2D eigenvalue weighted by Crippen LogP contribution is -2.19. The molecule has 3 aromatic rings. The Kier molecular flexibility index (Phi) is 4.62. The molecule has 128 valence electrons. The molecule has 0 spiro atoms. The lowest BCUT2D eigenvalue weighted by Gasteiger charge is -2.08. The highest BCUT2D eigenvalue weighted by molar-refractivity contribution is 6.33. The van der Waals surface area contributed by atoms with E-state index in [0.717, 1.165) is 5.52 Å². The number of fused-ring (bicyclic) bond motifs is 1. The molecule has 0 unspecified atom stereocenters. The average Bonchev–Trinajstić information content (AvgIpc) is 2.99. The summed E-state index contributed by atoms with van der Waals surface area (Å²) in [6.07, 6.45) is 1.55. The van der Waals surface area contributed by atoms with Gasteiger partial charge in [0.2, 0.25) is 0 Å². The molecule has 0 saturated heterocycles. The van der Waals surface area contributed by atoms with Crippen molar-refractivity contribution in [2.24, 2.45) is 0 Å². The Morgan fingerprint density at radius 2 is 2.00 bits per heavy atom. The van der Waals surface area contributed by atoms with E-state index in [1.807, 2.05) is 18.2 Å². The zero-order chi connectivity index (χ0) is 18.0. The van der Waals surface area contributed by atoms with E-state index < -0.39 is 17.6 Å². The van der Waals surface area contributed by atoms with Crippen molar-refractivity contribution in [2.45, 2.75) is 6.92 Å². The van der Waals surface area contributed by atoms with Gasteiger partial charge in [0.05, 0.1) is 28.0 Å². The smallest absolute Gasteiger partial charge is 0.338 e. The molecule has 0 saturated carbocycles. The van der Waals surface area contributed by atoms with Crippen molar-refractivity contribution in [3.05, 3.63) is 64.3 Å². The summed E-state index contributed by atoms with van der Waals surface area (Å²) in [4.78, 5) is 16.8. The average molecular weight is 365 g/mol. The second kappa shape index (κ2) is 6.86. The van der Waals surface area contributed by atoms with E-state index in [-0.39, 0.29) is 10.6 Å². The Bertz CT molecular complexity index is 987. The number of allylic oxidation sites excluding steroid dienone is 1. The maximum Gasteiger partial charge on any atom is 0.364 e. The first kappa shape index (κ1) is 16.8. The van der Waals surface area contributed by atoms with E-state index in [0.29, 0.717) is 23.3 Å². The topological polar surface area (TPSA) is 69.0 Å². The number of nitrogens with one attached hydrogen (secondary N) is 1. The Labute approximate surface area is 145 Å². The summed E-state index contributed by atoms with van der Waals surface area (Å²) in [5, 5.41) is 7.68. The predicted molar refractivity (Wildman–Crippen MR) is 87.4 cm³/mol. The molecule has 0 aliphatic carbocycles. The Balaban J connectivity index is 1.72. The van der Waals surface area contributed by atoms with Crippen LogP contribution in [0.4, 0.5) is 8.78 Å².